The number of hydrogen-bond donors (Lipinski definition) is 2. The summed E-state index contributed by atoms with van der Waals surface area (Å²) in [4.78, 5) is 11.6. The normalized spacial score (nSPS) is 10.5. The Morgan fingerprint density at radius 3 is 3.23 bits per heavy atom. The van der Waals surface area contributed by atoms with Crippen LogP contribution < -0.4 is 5.32 Å². The Labute approximate surface area is 80.1 Å². The first-order valence-electron chi connectivity index (χ1n) is 3.99. The Balaban J connectivity index is 2.23. The quantitative estimate of drug-likeness (QED) is 0.773. The first-order chi connectivity index (χ1) is 6.40. The van der Waals surface area contributed by atoms with E-state index in [4.69, 9.17) is 0 Å². The third-order valence-electron chi connectivity index (χ3n) is 1.61. The van der Waals surface area contributed by atoms with Crippen molar-refractivity contribution in [3.8, 4) is 10.8 Å². The highest BCUT2D eigenvalue weighted by Crippen LogP contribution is 2.19. The SMILES string of the molecule is CNCc1csc(-c2ncc[nH]2)n1. The molecule has 2 rings (SSSR count). The zero-order chi connectivity index (χ0) is 9.10. The molecule has 2 aromatic rings. The first-order valence-corrected chi connectivity index (χ1v) is 4.87. The van der Waals surface area contributed by atoms with E-state index in [1.54, 1.807) is 23.7 Å². The molecule has 0 saturated heterocycles. The average Bonchev–Trinajstić information content (AvgIpc) is 2.70. The number of H-pyrrole nitrogens is 1. The average molecular weight is 194 g/mol. The summed E-state index contributed by atoms with van der Waals surface area (Å²) in [6, 6.07) is 0. The molecule has 0 aliphatic carbocycles. The summed E-state index contributed by atoms with van der Waals surface area (Å²) in [6.45, 7) is 0.803. The van der Waals surface area contributed by atoms with Crippen LogP contribution in [0.5, 0.6) is 0 Å². The minimum atomic E-state index is 0.803. The number of hydrogen-bond acceptors (Lipinski definition) is 4. The van der Waals surface area contributed by atoms with Gasteiger partial charge in [0.25, 0.3) is 0 Å². The molecule has 0 bridgehead atoms. The summed E-state index contributed by atoms with van der Waals surface area (Å²) >= 11 is 1.60. The summed E-state index contributed by atoms with van der Waals surface area (Å²) in [5, 5.41) is 6.03. The van der Waals surface area contributed by atoms with Crippen LogP contribution in [0.3, 0.4) is 0 Å². The van der Waals surface area contributed by atoms with E-state index in [2.05, 4.69) is 20.3 Å². The molecule has 0 atom stereocenters. The lowest BCUT2D eigenvalue weighted by molar-refractivity contribution is 0.798. The molecular weight excluding hydrogens is 184 g/mol. The van der Waals surface area contributed by atoms with Gasteiger partial charge >= 0.3 is 0 Å². The molecule has 0 aliphatic heterocycles. The molecule has 0 aliphatic rings. The van der Waals surface area contributed by atoms with Gasteiger partial charge in [-0.3, -0.25) is 0 Å². The molecule has 4 nitrogen and oxygen atoms in total. The van der Waals surface area contributed by atoms with Crippen LogP contribution in [0.4, 0.5) is 0 Å². The Hall–Kier alpha value is -1.20. The maximum atomic E-state index is 4.40. The molecule has 0 spiro atoms. The molecule has 5 heteroatoms. The summed E-state index contributed by atoms with van der Waals surface area (Å²) in [5.41, 5.74) is 1.05. The third-order valence-corrected chi connectivity index (χ3v) is 2.51. The Morgan fingerprint density at radius 1 is 1.62 bits per heavy atom. The van der Waals surface area contributed by atoms with Gasteiger partial charge in [-0.2, -0.15) is 0 Å². The van der Waals surface area contributed by atoms with Crippen molar-refractivity contribution in [3.63, 3.8) is 0 Å². The van der Waals surface area contributed by atoms with E-state index in [1.807, 2.05) is 12.4 Å². The molecule has 0 unspecified atom stereocenters. The van der Waals surface area contributed by atoms with E-state index in [0.29, 0.717) is 0 Å². The second kappa shape index (κ2) is 3.68. The van der Waals surface area contributed by atoms with Gasteiger partial charge in [-0.1, -0.05) is 0 Å². The lowest BCUT2D eigenvalue weighted by Gasteiger charge is -1.90. The van der Waals surface area contributed by atoms with Crippen LogP contribution in [0.15, 0.2) is 17.8 Å². The highest BCUT2D eigenvalue weighted by Gasteiger charge is 2.04. The van der Waals surface area contributed by atoms with Crippen molar-refractivity contribution in [2.75, 3.05) is 7.05 Å². The van der Waals surface area contributed by atoms with E-state index >= 15 is 0 Å². The largest absolute Gasteiger partial charge is 0.343 e. The zero-order valence-electron chi connectivity index (χ0n) is 7.24. The highest BCUT2D eigenvalue weighted by atomic mass is 32.1. The van der Waals surface area contributed by atoms with Crippen molar-refractivity contribution in [2.45, 2.75) is 6.54 Å². The van der Waals surface area contributed by atoms with Gasteiger partial charge in [0, 0.05) is 24.3 Å². The fourth-order valence-electron chi connectivity index (χ4n) is 1.06. The second-order valence-electron chi connectivity index (χ2n) is 2.61. The smallest absolute Gasteiger partial charge is 0.166 e. The van der Waals surface area contributed by atoms with Gasteiger partial charge in [-0.05, 0) is 7.05 Å². The number of imidazole rings is 1. The maximum Gasteiger partial charge on any atom is 0.166 e. The lowest BCUT2D eigenvalue weighted by Crippen LogP contribution is -2.04. The van der Waals surface area contributed by atoms with E-state index in [-0.39, 0.29) is 0 Å². The molecule has 0 fully saturated rings. The minimum Gasteiger partial charge on any atom is -0.343 e. The van der Waals surface area contributed by atoms with Gasteiger partial charge in [0.15, 0.2) is 10.8 Å². The van der Waals surface area contributed by atoms with Crippen molar-refractivity contribution < 1.29 is 0 Å². The van der Waals surface area contributed by atoms with Gasteiger partial charge in [-0.25, -0.2) is 9.97 Å². The summed E-state index contributed by atoms with van der Waals surface area (Å²) < 4.78 is 0. The fourth-order valence-corrected chi connectivity index (χ4v) is 1.84. The lowest BCUT2D eigenvalue weighted by atomic mass is 10.5. The number of aromatic nitrogens is 3. The molecule has 13 heavy (non-hydrogen) atoms. The standard InChI is InChI=1S/C8H10N4S/c1-9-4-6-5-13-8(12-6)7-10-2-3-11-7/h2-3,5,9H,4H2,1H3,(H,10,11). The van der Waals surface area contributed by atoms with Gasteiger partial charge in [0.1, 0.15) is 0 Å². The van der Waals surface area contributed by atoms with Gasteiger partial charge in [-0.15, -0.1) is 11.3 Å². The zero-order valence-corrected chi connectivity index (χ0v) is 8.06. The summed E-state index contributed by atoms with van der Waals surface area (Å²) in [7, 11) is 1.91. The molecule has 0 amide bonds. The van der Waals surface area contributed by atoms with Crippen molar-refractivity contribution in [1.82, 2.24) is 20.3 Å². The van der Waals surface area contributed by atoms with Crippen LogP contribution in [0.1, 0.15) is 5.69 Å². The molecule has 0 aromatic carbocycles. The topological polar surface area (TPSA) is 53.6 Å². The molecule has 0 saturated carbocycles. The van der Waals surface area contributed by atoms with Crippen LogP contribution in [0, 0.1) is 0 Å². The number of nitrogens with zero attached hydrogens (tertiary/aromatic N) is 2. The number of rotatable bonds is 3. The molecular formula is C8H10N4S. The molecule has 68 valence electrons. The molecule has 0 radical (unpaired) electrons. The van der Waals surface area contributed by atoms with Crippen LogP contribution >= 0.6 is 11.3 Å². The summed E-state index contributed by atoms with van der Waals surface area (Å²) in [6.07, 6.45) is 3.53. The van der Waals surface area contributed by atoms with E-state index in [9.17, 15) is 0 Å². The monoisotopic (exact) mass is 194 g/mol. The van der Waals surface area contributed by atoms with Crippen molar-refractivity contribution in [1.29, 1.82) is 0 Å². The van der Waals surface area contributed by atoms with E-state index in [0.717, 1.165) is 23.1 Å². The van der Waals surface area contributed by atoms with Crippen LogP contribution in [0.2, 0.25) is 0 Å². The maximum absolute atomic E-state index is 4.40. The predicted molar refractivity (Wildman–Crippen MR) is 52.5 cm³/mol. The minimum absolute atomic E-state index is 0.803. The highest BCUT2D eigenvalue weighted by molar-refractivity contribution is 7.13. The summed E-state index contributed by atoms with van der Waals surface area (Å²) in [5.74, 6) is 0.840. The fraction of sp³-hybridized carbons (Fsp3) is 0.250. The molecule has 2 heterocycles. The van der Waals surface area contributed by atoms with Gasteiger partial charge < -0.3 is 10.3 Å². The van der Waals surface area contributed by atoms with Gasteiger partial charge in [0.2, 0.25) is 0 Å². The number of aromatic amines is 1. The van der Waals surface area contributed by atoms with Crippen molar-refractivity contribution in [2.24, 2.45) is 0 Å². The van der Waals surface area contributed by atoms with Crippen molar-refractivity contribution >= 4 is 11.3 Å². The Morgan fingerprint density at radius 2 is 2.54 bits per heavy atom. The third kappa shape index (κ3) is 1.76. The van der Waals surface area contributed by atoms with Crippen LogP contribution in [-0.2, 0) is 6.54 Å². The second-order valence-corrected chi connectivity index (χ2v) is 3.47. The van der Waals surface area contributed by atoms with Crippen LogP contribution in [-0.4, -0.2) is 22.0 Å². The van der Waals surface area contributed by atoms with E-state index in [1.165, 1.54) is 0 Å². The van der Waals surface area contributed by atoms with Crippen molar-refractivity contribution in [3.05, 3.63) is 23.5 Å². The molecule has 2 aromatic heterocycles. The first kappa shape index (κ1) is 8.40. The number of thiazole rings is 1. The predicted octanol–water partition coefficient (Wildman–Crippen LogP) is 1.25. The van der Waals surface area contributed by atoms with Crippen LogP contribution in [0.25, 0.3) is 10.8 Å². The number of nitrogens with one attached hydrogen (secondary N) is 2. The Bertz CT molecular complexity index is 365. The molecule has 2 N–H and O–H groups in total. The van der Waals surface area contributed by atoms with E-state index < -0.39 is 0 Å². The van der Waals surface area contributed by atoms with Gasteiger partial charge in [0.05, 0.1) is 5.69 Å². The Kier molecular flexibility index (Phi) is 2.37.